The molecule has 1 aromatic rings. The third-order valence-corrected chi connectivity index (χ3v) is 4.85. The number of benzene rings is 1. The first kappa shape index (κ1) is 15.0. The molecule has 1 aliphatic rings. The molecule has 0 fully saturated rings. The second-order valence-corrected chi connectivity index (χ2v) is 6.59. The van der Waals surface area contributed by atoms with Crippen LogP contribution < -0.4 is 4.72 Å². The van der Waals surface area contributed by atoms with E-state index in [1.165, 1.54) is 12.1 Å². The molecule has 6 nitrogen and oxygen atoms in total. The van der Waals surface area contributed by atoms with Gasteiger partial charge in [-0.2, -0.15) is 0 Å². The summed E-state index contributed by atoms with van der Waals surface area (Å²) in [6, 6.07) is 3.27. The van der Waals surface area contributed by atoms with Gasteiger partial charge in [0.05, 0.1) is 9.82 Å². The van der Waals surface area contributed by atoms with E-state index in [1.807, 2.05) is 12.2 Å². The summed E-state index contributed by atoms with van der Waals surface area (Å²) >= 11 is 5.67. The van der Waals surface area contributed by atoms with E-state index in [0.29, 0.717) is 12.8 Å². The van der Waals surface area contributed by atoms with Crippen molar-refractivity contribution in [2.24, 2.45) is 0 Å². The van der Waals surface area contributed by atoms with Crippen LogP contribution >= 0.6 is 11.6 Å². The van der Waals surface area contributed by atoms with Gasteiger partial charge in [0.2, 0.25) is 10.0 Å². The van der Waals surface area contributed by atoms with Gasteiger partial charge in [-0.05, 0) is 31.4 Å². The lowest BCUT2D eigenvalue weighted by molar-refractivity contribution is -0.384. The monoisotopic (exact) mass is 316 g/mol. The first-order chi connectivity index (χ1) is 9.40. The molecule has 1 N–H and O–H groups in total. The van der Waals surface area contributed by atoms with E-state index < -0.39 is 20.6 Å². The van der Waals surface area contributed by atoms with Crippen molar-refractivity contribution < 1.29 is 13.3 Å². The Morgan fingerprint density at radius 2 is 2.10 bits per heavy atom. The minimum Gasteiger partial charge on any atom is -0.258 e. The van der Waals surface area contributed by atoms with Gasteiger partial charge in [-0.3, -0.25) is 10.1 Å². The van der Waals surface area contributed by atoms with Crippen molar-refractivity contribution >= 4 is 27.3 Å². The van der Waals surface area contributed by atoms with Crippen molar-refractivity contribution in [3.8, 4) is 0 Å². The summed E-state index contributed by atoms with van der Waals surface area (Å²) in [5.74, 6) is 0. The van der Waals surface area contributed by atoms with Crippen molar-refractivity contribution in [2.75, 3.05) is 0 Å². The summed E-state index contributed by atoms with van der Waals surface area (Å²) in [5, 5.41) is 10.7. The Hall–Kier alpha value is -1.44. The van der Waals surface area contributed by atoms with Crippen molar-refractivity contribution in [3.05, 3.63) is 45.5 Å². The Balaban J connectivity index is 2.27. The number of nitrogens with zero attached hydrogens (tertiary/aromatic N) is 1. The van der Waals surface area contributed by atoms with Gasteiger partial charge >= 0.3 is 0 Å². The molecule has 0 amide bonds. The molecule has 0 spiro atoms. The van der Waals surface area contributed by atoms with Gasteiger partial charge in [-0.15, -0.1) is 0 Å². The van der Waals surface area contributed by atoms with Gasteiger partial charge < -0.3 is 0 Å². The molecule has 0 heterocycles. The minimum atomic E-state index is -3.78. The van der Waals surface area contributed by atoms with Gasteiger partial charge in [-0.25, -0.2) is 13.1 Å². The predicted octanol–water partition coefficient (Wildman–Crippen LogP) is 2.64. The van der Waals surface area contributed by atoms with Crippen LogP contribution in [0.25, 0.3) is 0 Å². The summed E-state index contributed by atoms with van der Waals surface area (Å²) in [6.45, 7) is 0. The number of rotatable bonds is 4. The molecule has 0 aromatic heterocycles. The number of halogens is 1. The Morgan fingerprint density at radius 3 is 2.70 bits per heavy atom. The van der Waals surface area contributed by atoms with Gasteiger partial charge in [0.15, 0.2) is 0 Å². The van der Waals surface area contributed by atoms with Crippen LogP contribution in [0.15, 0.2) is 35.2 Å². The summed E-state index contributed by atoms with van der Waals surface area (Å²) in [6.07, 6.45) is 6.06. The molecular weight excluding hydrogens is 304 g/mol. The molecule has 2 rings (SSSR count). The molecule has 108 valence electrons. The average molecular weight is 317 g/mol. The number of hydrogen-bond acceptors (Lipinski definition) is 4. The van der Waals surface area contributed by atoms with E-state index in [1.54, 1.807) is 0 Å². The van der Waals surface area contributed by atoms with E-state index in [0.717, 1.165) is 12.5 Å². The summed E-state index contributed by atoms with van der Waals surface area (Å²) in [7, 11) is -3.78. The SMILES string of the molecule is O=[N+]([O-])c1cc(S(=O)(=O)NC2CC=CCC2)ccc1Cl. The Morgan fingerprint density at radius 1 is 1.35 bits per heavy atom. The van der Waals surface area contributed by atoms with Crippen LogP contribution in [0, 0.1) is 10.1 Å². The Bertz CT molecular complexity index is 657. The van der Waals surface area contributed by atoms with Crippen LogP contribution in [0.2, 0.25) is 5.02 Å². The minimum absolute atomic E-state index is 0.0884. The average Bonchev–Trinajstić information content (AvgIpc) is 2.39. The topological polar surface area (TPSA) is 89.3 Å². The number of nitro benzene ring substituents is 1. The van der Waals surface area contributed by atoms with E-state index in [-0.39, 0.29) is 16.0 Å². The fourth-order valence-corrected chi connectivity index (χ4v) is 3.48. The highest BCUT2D eigenvalue weighted by Crippen LogP contribution is 2.27. The number of hydrogen-bond donors (Lipinski definition) is 1. The number of sulfonamides is 1. The number of nitro groups is 1. The maximum absolute atomic E-state index is 12.2. The van der Waals surface area contributed by atoms with E-state index >= 15 is 0 Å². The molecule has 0 saturated carbocycles. The summed E-state index contributed by atoms with van der Waals surface area (Å²) < 4.78 is 26.9. The molecule has 1 aromatic carbocycles. The van der Waals surface area contributed by atoms with E-state index in [2.05, 4.69) is 4.72 Å². The first-order valence-electron chi connectivity index (χ1n) is 6.01. The smallest absolute Gasteiger partial charge is 0.258 e. The van der Waals surface area contributed by atoms with Crippen LogP contribution in [-0.4, -0.2) is 19.4 Å². The normalized spacial score (nSPS) is 18.9. The number of nitrogens with one attached hydrogen (secondary N) is 1. The number of allylic oxidation sites excluding steroid dienone is 1. The van der Waals surface area contributed by atoms with Crippen LogP contribution in [0.3, 0.4) is 0 Å². The summed E-state index contributed by atoms with van der Waals surface area (Å²) in [5.41, 5.74) is -0.418. The Kier molecular flexibility index (Phi) is 4.42. The third kappa shape index (κ3) is 3.36. The van der Waals surface area contributed by atoms with E-state index in [9.17, 15) is 18.5 Å². The van der Waals surface area contributed by atoms with Crippen molar-refractivity contribution in [2.45, 2.75) is 30.2 Å². The highest BCUT2D eigenvalue weighted by molar-refractivity contribution is 7.89. The molecule has 1 atom stereocenters. The zero-order valence-corrected chi connectivity index (χ0v) is 12.0. The van der Waals surface area contributed by atoms with Crippen molar-refractivity contribution in [1.29, 1.82) is 0 Å². The van der Waals surface area contributed by atoms with Crippen LogP contribution in [0.1, 0.15) is 19.3 Å². The molecule has 0 aliphatic heterocycles. The maximum Gasteiger partial charge on any atom is 0.289 e. The highest BCUT2D eigenvalue weighted by atomic mass is 35.5. The van der Waals surface area contributed by atoms with Gasteiger partial charge in [0.1, 0.15) is 5.02 Å². The second-order valence-electron chi connectivity index (χ2n) is 4.47. The molecular formula is C12H13ClN2O4S. The standard InChI is InChI=1S/C12H13ClN2O4S/c13-11-7-6-10(8-12(11)15(16)17)20(18,19)14-9-4-2-1-3-5-9/h1-2,6-9,14H,3-5H2. The van der Waals surface area contributed by atoms with Crippen LogP contribution in [-0.2, 0) is 10.0 Å². The van der Waals surface area contributed by atoms with Gasteiger partial charge in [0, 0.05) is 12.1 Å². The second kappa shape index (κ2) is 5.90. The first-order valence-corrected chi connectivity index (χ1v) is 7.87. The molecule has 0 saturated heterocycles. The molecule has 1 unspecified atom stereocenters. The zero-order chi connectivity index (χ0) is 14.8. The molecule has 0 radical (unpaired) electrons. The van der Waals surface area contributed by atoms with Crippen molar-refractivity contribution in [3.63, 3.8) is 0 Å². The lowest BCUT2D eigenvalue weighted by Gasteiger charge is -2.19. The van der Waals surface area contributed by atoms with E-state index in [4.69, 9.17) is 11.6 Å². The lowest BCUT2D eigenvalue weighted by Crippen LogP contribution is -2.35. The lowest BCUT2D eigenvalue weighted by atomic mass is 10.0. The predicted molar refractivity (Wildman–Crippen MR) is 75.2 cm³/mol. The zero-order valence-electron chi connectivity index (χ0n) is 10.5. The van der Waals surface area contributed by atoms with Crippen LogP contribution in [0.5, 0.6) is 0 Å². The van der Waals surface area contributed by atoms with Gasteiger partial charge in [0.25, 0.3) is 5.69 Å². The molecule has 8 heteroatoms. The summed E-state index contributed by atoms with van der Waals surface area (Å²) in [4.78, 5) is 9.93. The van der Waals surface area contributed by atoms with Crippen LogP contribution in [0.4, 0.5) is 5.69 Å². The molecule has 0 bridgehead atoms. The quantitative estimate of drug-likeness (QED) is 0.525. The maximum atomic E-state index is 12.2. The molecule has 20 heavy (non-hydrogen) atoms. The van der Waals surface area contributed by atoms with Gasteiger partial charge in [-0.1, -0.05) is 23.8 Å². The third-order valence-electron chi connectivity index (χ3n) is 3.02. The fraction of sp³-hybridized carbons (Fsp3) is 0.333. The highest BCUT2D eigenvalue weighted by Gasteiger charge is 2.23. The van der Waals surface area contributed by atoms with Crippen molar-refractivity contribution in [1.82, 2.24) is 4.72 Å². The largest absolute Gasteiger partial charge is 0.289 e. The Labute approximate surface area is 121 Å². The molecule has 1 aliphatic carbocycles. The fourth-order valence-electron chi connectivity index (χ4n) is 1.99.